The average molecular weight is 382 g/mol. The third-order valence-electron chi connectivity index (χ3n) is 4.77. The van der Waals surface area contributed by atoms with Gasteiger partial charge in [-0.2, -0.15) is 0 Å². The molecule has 0 saturated heterocycles. The summed E-state index contributed by atoms with van der Waals surface area (Å²) in [5, 5.41) is 4.79. The molecular formula is C23H15FN4O. The lowest BCUT2D eigenvalue weighted by Crippen LogP contribution is -2.08. The van der Waals surface area contributed by atoms with Crippen LogP contribution in [0.1, 0.15) is 0 Å². The molecule has 5 nitrogen and oxygen atoms in total. The van der Waals surface area contributed by atoms with Crippen LogP contribution in [0.2, 0.25) is 0 Å². The molecule has 140 valence electrons. The van der Waals surface area contributed by atoms with Crippen LogP contribution in [0.4, 0.5) is 15.9 Å². The van der Waals surface area contributed by atoms with Crippen LogP contribution in [0.25, 0.3) is 32.9 Å². The van der Waals surface area contributed by atoms with Gasteiger partial charge < -0.3 is 10.3 Å². The molecule has 0 bridgehead atoms. The Bertz CT molecular complexity index is 1410. The lowest BCUT2D eigenvalue weighted by Gasteiger charge is -2.12. The summed E-state index contributed by atoms with van der Waals surface area (Å²) < 4.78 is 13.8. The lowest BCUT2D eigenvalue weighted by molar-refractivity contribution is 0.629. The van der Waals surface area contributed by atoms with Gasteiger partial charge in [-0.3, -0.25) is 9.78 Å². The number of hydrogen-bond donors (Lipinski definition) is 2. The molecule has 0 unspecified atom stereocenters. The quantitative estimate of drug-likeness (QED) is 0.430. The summed E-state index contributed by atoms with van der Waals surface area (Å²) in [6.07, 6.45) is 3.28. The van der Waals surface area contributed by atoms with Crippen molar-refractivity contribution in [1.82, 2.24) is 15.0 Å². The first-order chi connectivity index (χ1) is 14.2. The van der Waals surface area contributed by atoms with E-state index in [0.29, 0.717) is 27.5 Å². The second-order valence-corrected chi connectivity index (χ2v) is 6.64. The van der Waals surface area contributed by atoms with E-state index in [-0.39, 0.29) is 5.56 Å². The molecule has 29 heavy (non-hydrogen) atoms. The number of anilines is 2. The molecule has 5 rings (SSSR count). The van der Waals surface area contributed by atoms with Gasteiger partial charge in [0, 0.05) is 34.4 Å². The van der Waals surface area contributed by atoms with Crippen LogP contribution in [0, 0.1) is 5.82 Å². The van der Waals surface area contributed by atoms with E-state index in [2.05, 4.69) is 20.3 Å². The third-order valence-corrected chi connectivity index (χ3v) is 4.77. The molecule has 2 N–H and O–H groups in total. The Balaban J connectivity index is 1.67. The minimum atomic E-state index is -0.411. The van der Waals surface area contributed by atoms with Gasteiger partial charge in [-0.1, -0.05) is 30.3 Å². The first kappa shape index (κ1) is 17.1. The van der Waals surface area contributed by atoms with Crippen LogP contribution in [0.15, 0.2) is 83.9 Å². The van der Waals surface area contributed by atoms with Gasteiger partial charge in [0.1, 0.15) is 11.6 Å². The van der Waals surface area contributed by atoms with Crippen molar-refractivity contribution in [3.05, 3.63) is 95.3 Å². The molecule has 6 heteroatoms. The summed E-state index contributed by atoms with van der Waals surface area (Å²) in [5.74, 6) is 0.113. The highest BCUT2D eigenvalue weighted by Crippen LogP contribution is 2.30. The molecule has 0 amide bonds. The fourth-order valence-electron chi connectivity index (χ4n) is 3.44. The number of halogens is 1. The number of rotatable bonds is 3. The van der Waals surface area contributed by atoms with E-state index in [1.807, 2.05) is 42.5 Å². The molecule has 0 spiro atoms. The number of aromatic nitrogens is 3. The van der Waals surface area contributed by atoms with Crippen molar-refractivity contribution in [2.75, 3.05) is 5.32 Å². The van der Waals surface area contributed by atoms with E-state index in [9.17, 15) is 9.18 Å². The summed E-state index contributed by atoms with van der Waals surface area (Å²) >= 11 is 0. The maximum atomic E-state index is 13.8. The second-order valence-electron chi connectivity index (χ2n) is 6.64. The van der Waals surface area contributed by atoms with Crippen molar-refractivity contribution in [2.24, 2.45) is 0 Å². The van der Waals surface area contributed by atoms with E-state index in [1.165, 1.54) is 12.1 Å². The first-order valence-electron chi connectivity index (χ1n) is 9.08. The molecule has 3 aromatic heterocycles. The van der Waals surface area contributed by atoms with Gasteiger partial charge in [0.25, 0.3) is 5.56 Å². The number of aromatic amines is 1. The number of benzene rings is 2. The number of nitrogens with zero attached hydrogens (tertiary/aromatic N) is 2. The summed E-state index contributed by atoms with van der Waals surface area (Å²) in [6, 6.07) is 19.6. The number of pyridine rings is 3. The van der Waals surface area contributed by atoms with Crippen LogP contribution in [-0.2, 0) is 0 Å². The van der Waals surface area contributed by atoms with Gasteiger partial charge in [-0.15, -0.1) is 0 Å². The predicted molar refractivity (Wildman–Crippen MR) is 113 cm³/mol. The zero-order valence-electron chi connectivity index (χ0n) is 15.2. The number of H-pyrrole nitrogens is 1. The molecule has 3 heterocycles. The topological polar surface area (TPSA) is 70.7 Å². The highest BCUT2D eigenvalue weighted by Gasteiger charge is 2.12. The zero-order valence-corrected chi connectivity index (χ0v) is 15.2. The largest absolute Gasteiger partial charge is 0.340 e. The van der Waals surface area contributed by atoms with Crippen LogP contribution in [-0.4, -0.2) is 15.0 Å². The Kier molecular flexibility index (Phi) is 4.02. The Labute approximate surface area is 164 Å². The third kappa shape index (κ3) is 3.10. The predicted octanol–water partition coefficient (Wildman–Crippen LogP) is 5.02. The van der Waals surface area contributed by atoms with Gasteiger partial charge >= 0.3 is 0 Å². The molecule has 5 aromatic rings. The lowest BCUT2D eigenvalue weighted by atomic mass is 10.1. The standard InChI is InChI=1S/C23H15FN4O/c24-15-6-7-19-18(12-15)21-17(9-11-26-23(21)29)22(28-19)27-16-8-10-25-20(13-16)14-4-2-1-3-5-14/h1-13H,(H,26,29)(H,25,27,28). The normalized spacial score (nSPS) is 11.1. The van der Waals surface area contributed by atoms with Crippen molar-refractivity contribution in [3.8, 4) is 11.3 Å². The minimum Gasteiger partial charge on any atom is -0.340 e. The van der Waals surface area contributed by atoms with Gasteiger partial charge in [-0.25, -0.2) is 9.37 Å². The molecule has 0 fully saturated rings. The molecule has 0 radical (unpaired) electrons. The van der Waals surface area contributed by atoms with Gasteiger partial charge in [0.2, 0.25) is 0 Å². The average Bonchev–Trinajstić information content (AvgIpc) is 2.75. The van der Waals surface area contributed by atoms with Gasteiger partial charge in [-0.05, 0) is 36.4 Å². The Morgan fingerprint density at radius 1 is 0.931 bits per heavy atom. The Hall–Kier alpha value is -4.06. The highest BCUT2D eigenvalue weighted by atomic mass is 19.1. The maximum absolute atomic E-state index is 13.8. The summed E-state index contributed by atoms with van der Waals surface area (Å²) in [7, 11) is 0. The molecule has 0 saturated carbocycles. The van der Waals surface area contributed by atoms with E-state index in [4.69, 9.17) is 0 Å². The van der Waals surface area contributed by atoms with Gasteiger partial charge in [0.05, 0.1) is 16.6 Å². The molecule has 0 aliphatic rings. The van der Waals surface area contributed by atoms with Crippen molar-refractivity contribution < 1.29 is 4.39 Å². The number of hydrogen-bond acceptors (Lipinski definition) is 4. The van der Waals surface area contributed by atoms with Gasteiger partial charge in [0.15, 0.2) is 0 Å². The van der Waals surface area contributed by atoms with Crippen LogP contribution < -0.4 is 10.9 Å². The maximum Gasteiger partial charge on any atom is 0.256 e. The SMILES string of the molecule is O=c1[nH]ccc2c(Nc3ccnc(-c4ccccc4)c3)nc3ccc(F)cc3c12. The zero-order chi connectivity index (χ0) is 19.8. The summed E-state index contributed by atoms with van der Waals surface area (Å²) in [6.45, 7) is 0. The van der Waals surface area contributed by atoms with E-state index in [0.717, 1.165) is 16.9 Å². The highest BCUT2D eigenvalue weighted by molar-refractivity contribution is 6.10. The van der Waals surface area contributed by atoms with E-state index < -0.39 is 5.82 Å². The van der Waals surface area contributed by atoms with Crippen LogP contribution >= 0.6 is 0 Å². The molecule has 0 atom stereocenters. The minimum absolute atomic E-state index is 0.289. The monoisotopic (exact) mass is 382 g/mol. The van der Waals surface area contributed by atoms with Crippen LogP contribution in [0.3, 0.4) is 0 Å². The van der Waals surface area contributed by atoms with Crippen molar-refractivity contribution in [3.63, 3.8) is 0 Å². The first-order valence-corrected chi connectivity index (χ1v) is 9.08. The fraction of sp³-hybridized carbons (Fsp3) is 0. The molecular weight excluding hydrogens is 367 g/mol. The number of fused-ring (bicyclic) bond motifs is 3. The Morgan fingerprint density at radius 2 is 1.79 bits per heavy atom. The van der Waals surface area contributed by atoms with E-state index in [1.54, 1.807) is 24.5 Å². The van der Waals surface area contributed by atoms with Crippen molar-refractivity contribution in [2.45, 2.75) is 0 Å². The molecule has 0 aliphatic carbocycles. The fourth-order valence-corrected chi connectivity index (χ4v) is 3.44. The van der Waals surface area contributed by atoms with Crippen LogP contribution in [0.5, 0.6) is 0 Å². The Morgan fingerprint density at radius 3 is 2.66 bits per heavy atom. The summed E-state index contributed by atoms with van der Waals surface area (Å²) in [5.41, 5.74) is 2.85. The molecule has 2 aromatic carbocycles. The number of nitrogens with one attached hydrogen (secondary N) is 2. The van der Waals surface area contributed by atoms with Crippen molar-refractivity contribution in [1.29, 1.82) is 0 Å². The second kappa shape index (κ2) is 6.83. The molecule has 0 aliphatic heterocycles. The smallest absolute Gasteiger partial charge is 0.256 e. The van der Waals surface area contributed by atoms with E-state index >= 15 is 0 Å². The summed E-state index contributed by atoms with van der Waals surface area (Å²) in [4.78, 5) is 24.2. The van der Waals surface area contributed by atoms with Crippen molar-refractivity contribution >= 4 is 33.2 Å².